The van der Waals surface area contributed by atoms with Gasteiger partial charge in [0.25, 0.3) is 0 Å². The molecule has 9 rings (SSSR count). The molecule has 0 saturated heterocycles. The van der Waals surface area contributed by atoms with Crippen molar-refractivity contribution in [3.63, 3.8) is 0 Å². The highest BCUT2D eigenvalue weighted by Gasteiger charge is 2.39. The molecule has 2 aromatic heterocycles. The Kier molecular flexibility index (Phi) is 10.6. The molecule has 0 bridgehead atoms. The lowest BCUT2D eigenvalue weighted by molar-refractivity contribution is 0.223. The van der Waals surface area contributed by atoms with Crippen molar-refractivity contribution in [2.24, 2.45) is 0 Å². The topological polar surface area (TPSA) is 50.9 Å². The lowest BCUT2D eigenvalue weighted by Crippen LogP contribution is -2.36. The molecule has 0 atom stereocenters. The summed E-state index contributed by atoms with van der Waals surface area (Å²) in [5, 5.41) is 12.5. The summed E-state index contributed by atoms with van der Waals surface area (Å²) in [5.74, 6) is 0.945. The van der Waals surface area contributed by atoms with Crippen LogP contribution < -0.4 is 0 Å². The second-order valence-corrected chi connectivity index (χ2v) is 23.0. The monoisotopic (exact) mass is 887 g/mol. The van der Waals surface area contributed by atoms with Crippen LogP contribution in [0.25, 0.3) is 61.6 Å². The number of aromatic nitrogens is 3. The van der Waals surface area contributed by atoms with Crippen LogP contribution in [0.1, 0.15) is 139 Å². The normalized spacial score (nSPS) is 18.9. The van der Waals surface area contributed by atoms with Crippen LogP contribution in [0.2, 0.25) is 0 Å². The SMILES string of the molecule is [2H]C([2H])([2H])c1ccc(-c2ccnc(-c3cc(-c4cccc5c4nc(-c4cc(C(C)(C)C)cc(C(C)(C)C)c4O)n5-c4ccc(C5(C)CCC(C)(c6ccccc6)CC5)cc4)cc(C(C)(C)C)c3)c2)cc1. The molecule has 1 N–H and O–H groups in total. The van der Waals surface area contributed by atoms with Crippen molar-refractivity contribution in [3.05, 3.63) is 179 Å². The van der Waals surface area contributed by atoms with Crippen molar-refractivity contribution in [2.45, 2.75) is 136 Å². The van der Waals surface area contributed by atoms with Crippen molar-refractivity contribution in [1.29, 1.82) is 0 Å². The van der Waals surface area contributed by atoms with Crippen LogP contribution in [0.3, 0.4) is 0 Å². The lowest BCUT2D eigenvalue weighted by atomic mass is 9.61. The summed E-state index contributed by atoms with van der Waals surface area (Å²) in [6.07, 6.45) is 6.31. The number of rotatable bonds is 7. The van der Waals surface area contributed by atoms with Crippen LogP contribution in [0.4, 0.5) is 0 Å². The number of hydrogen-bond acceptors (Lipinski definition) is 3. The quantitative estimate of drug-likeness (QED) is 0.173. The summed E-state index contributed by atoms with van der Waals surface area (Å²) in [6, 6.07) is 48.9. The molecular formula is C63H69N3O. The number of nitrogens with zero attached hydrogens (tertiary/aromatic N) is 3. The Morgan fingerprint density at radius 1 is 0.552 bits per heavy atom. The van der Waals surface area contributed by atoms with E-state index in [0.717, 1.165) is 92.6 Å². The zero-order chi connectivity index (χ0) is 50.2. The Hall–Kier alpha value is -6.26. The van der Waals surface area contributed by atoms with Crippen LogP contribution in [0, 0.1) is 6.85 Å². The van der Waals surface area contributed by atoms with Gasteiger partial charge < -0.3 is 5.11 Å². The molecular weight excluding hydrogens is 815 g/mol. The highest BCUT2D eigenvalue weighted by molar-refractivity contribution is 5.97. The van der Waals surface area contributed by atoms with E-state index in [0.29, 0.717) is 17.0 Å². The van der Waals surface area contributed by atoms with E-state index in [4.69, 9.17) is 14.1 Å². The van der Waals surface area contributed by atoms with Gasteiger partial charge in [0.15, 0.2) is 0 Å². The van der Waals surface area contributed by atoms with Crippen molar-refractivity contribution >= 4 is 11.0 Å². The van der Waals surface area contributed by atoms with E-state index in [2.05, 4.69) is 190 Å². The number of benzene rings is 6. The van der Waals surface area contributed by atoms with Crippen LogP contribution in [0.15, 0.2) is 146 Å². The molecule has 1 saturated carbocycles. The number of aryl methyl sites for hydroxylation is 1. The molecule has 1 aliphatic carbocycles. The summed E-state index contributed by atoms with van der Waals surface area (Å²) in [7, 11) is 0. The minimum absolute atomic E-state index is 0.0508. The van der Waals surface area contributed by atoms with Gasteiger partial charge in [0, 0.05) is 32.7 Å². The molecule has 342 valence electrons. The molecule has 0 spiro atoms. The van der Waals surface area contributed by atoms with E-state index in [-0.39, 0.29) is 32.8 Å². The Bertz CT molecular complexity index is 3210. The summed E-state index contributed by atoms with van der Waals surface area (Å²) >= 11 is 0. The molecule has 0 radical (unpaired) electrons. The van der Waals surface area contributed by atoms with Gasteiger partial charge in [-0.3, -0.25) is 9.55 Å². The maximum Gasteiger partial charge on any atom is 0.149 e. The smallest absolute Gasteiger partial charge is 0.149 e. The van der Waals surface area contributed by atoms with Gasteiger partial charge in [-0.05, 0) is 147 Å². The minimum atomic E-state index is -2.16. The van der Waals surface area contributed by atoms with Gasteiger partial charge in [-0.2, -0.15) is 0 Å². The van der Waals surface area contributed by atoms with E-state index in [1.807, 2.05) is 24.4 Å². The van der Waals surface area contributed by atoms with E-state index in [1.54, 1.807) is 12.1 Å². The molecule has 1 aliphatic rings. The summed E-state index contributed by atoms with van der Waals surface area (Å²) in [6.45, 7) is 22.6. The number of phenolic OH excluding ortho intramolecular Hbond substituents is 1. The van der Waals surface area contributed by atoms with E-state index >= 15 is 0 Å². The van der Waals surface area contributed by atoms with Crippen LogP contribution in [0.5, 0.6) is 5.75 Å². The molecule has 4 heteroatoms. The largest absolute Gasteiger partial charge is 0.507 e. The second kappa shape index (κ2) is 16.8. The Morgan fingerprint density at radius 3 is 1.78 bits per heavy atom. The number of phenols is 1. The first-order valence-electron chi connectivity index (χ1n) is 25.6. The zero-order valence-corrected chi connectivity index (χ0v) is 41.5. The van der Waals surface area contributed by atoms with Gasteiger partial charge in [-0.1, -0.05) is 173 Å². The first kappa shape index (κ1) is 42.1. The first-order valence-corrected chi connectivity index (χ1v) is 24.1. The molecule has 0 amide bonds. The zero-order valence-electron chi connectivity index (χ0n) is 44.5. The van der Waals surface area contributed by atoms with Gasteiger partial charge in [-0.15, -0.1) is 0 Å². The highest BCUT2D eigenvalue weighted by Crippen LogP contribution is 2.49. The van der Waals surface area contributed by atoms with Gasteiger partial charge in [-0.25, -0.2) is 4.98 Å². The van der Waals surface area contributed by atoms with Crippen LogP contribution >= 0.6 is 0 Å². The average molecular weight is 887 g/mol. The van der Waals surface area contributed by atoms with E-state index in [1.165, 1.54) is 11.1 Å². The molecule has 4 nitrogen and oxygen atoms in total. The number of imidazole rings is 1. The fourth-order valence-electron chi connectivity index (χ4n) is 10.2. The third kappa shape index (κ3) is 8.88. The van der Waals surface area contributed by atoms with Crippen molar-refractivity contribution in [1.82, 2.24) is 14.5 Å². The fraction of sp³-hybridized carbons (Fsp3) is 0.333. The van der Waals surface area contributed by atoms with Gasteiger partial charge in [0.2, 0.25) is 0 Å². The Balaban J connectivity index is 1.21. The van der Waals surface area contributed by atoms with Crippen molar-refractivity contribution in [2.75, 3.05) is 0 Å². The number of fused-ring (bicyclic) bond motifs is 1. The average Bonchev–Trinajstić information content (AvgIpc) is 3.71. The number of hydrogen-bond donors (Lipinski definition) is 1. The Labute approximate surface area is 404 Å². The second-order valence-electron chi connectivity index (χ2n) is 23.0. The maximum absolute atomic E-state index is 12.5. The van der Waals surface area contributed by atoms with E-state index < -0.39 is 6.85 Å². The van der Waals surface area contributed by atoms with Gasteiger partial charge in [0.05, 0.1) is 22.3 Å². The molecule has 0 aliphatic heterocycles. The standard InChI is InChI=1S/C63H69N3O/c1-41-21-23-42(24-22-41)43-29-34-64-54(38-43)45-35-44(36-48(37-45)59(2,3)4)51-19-16-20-55-56(51)65-58(52-39-49(60(5,6)7)40-53(57(52)67)61(8,9)10)66(55)50-27-25-47(26-28-50)63(12)32-30-62(11,31-33-63)46-17-14-13-15-18-46/h13-29,34-40,67H,30-33H2,1-12H3/i1D3. The molecule has 6 aromatic carbocycles. The third-order valence-electron chi connectivity index (χ3n) is 14.8. The van der Waals surface area contributed by atoms with Gasteiger partial charge in [0.1, 0.15) is 11.6 Å². The highest BCUT2D eigenvalue weighted by atomic mass is 16.3. The number of pyridine rings is 1. The third-order valence-corrected chi connectivity index (χ3v) is 14.8. The summed E-state index contributed by atoms with van der Waals surface area (Å²) in [4.78, 5) is 10.5. The number of para-hydroxylation sites is 1. The summed E-state index contributed by atoms with van der Waals surface area (Å²) in [5.41, 5.74) is 15.0. The minimum Gasteiger partial charge on any atom is -0.507 e. The van der Waals surface area contributed by atoms with E-state index in [9.17, 15) is 5.11 Å². The summed E-state index contributed by atoms with van der Waals surface area (Å²) < 4.78 is 25.8. The van der Waals surface area contributed by atoms with Crippen LogP contribution in [-0.4, -0.2) is 19.6 Å². The number of aromatic hydroxyl groups is 1. The van der Waals surface area contributed by atoms with Crippen LogP contribution in [-0.2, 0) is 27.1 Å². The molecule has 2 heterocycles. The first-order chi connectivity index (χ1) is 32.8. The lowest BCUT2D eigenvalue weighted by Gasteiger charge is -2.44. The van der Waals surface area contributed by atoms with Crippen molar-refractivity contribution in [3.8, 4) is 56.3 Å². The molecule has 1 fully saturated rings. The molecule has 0 unspecified atom stereocenters. The Morgan fingerprint density at radius 2 is 1.16 bits per heavy atom. The molecule has 67 heavy (non-hydrogen) atoms. The molecule has 8 aromatic rings. The predicted molar refractivity (Wildman–Crippen MR) is 283 cm³/mol. The fourth-order valence-corrected chi connectivity index (χ4v) is 10.2. The maximum atomic E-state index is 12.5. The van der Waals surface area contributed by atoms with Crippen molar-refractivity contribution < 1.29 is 9.22 Å². The van der Waals surface area contributed by atoms with Gasteiger partial charge >= 0.3 is 0 Å². The predicted octanol–water partition coefficient (Wildman–Crippen LogP) is 16.8.